The minimum absolute atomic E-state index is 0.0200. The smallest absolute Gasteiger partial charge is 0.332 e. The van der Waals surface area contributed by atoms with Gasteiger partial charge < -0.3 is 28.8 Å². The zero-order valence-electron chi connectivity index (χ0n) is 16.4. The van der Waals surface area contributed by atoms with Crippen molar-refractivity contribution in [3.8, 4) is 0 Å². The molecule has 4 aliphatic rings. The number of fused-ring (bicyclic) bond motifs is 1. The van der Waals surface area contributed by atoms with Gasteiger partial charge in [0.2, 0.25) is 0 Å². The van der Waals surface area contributed by atoms with Gasteiger partial charge in [0.25, 0.3) is 0 Å². The van der Waals surface area contributed by atoms with Crippen LogP contribution in [0.2, 0.25) is 0 Å². The minimum Gasteiger partial charge on any atom is -0.466 e. The number of aliphatic hydroxyl groups is 1. The van der Waals surface area contributed by atoms with E-state index in [0.29, 0.717) is 12.2 Å². The lowest BCUT2D eigenvalue weighted by molar-refractivity contribution is -0.244. The highest BCUT2D eigenvalue weighted by atomic mass is 16.8. The first-order valence-corrected chi connectivity index (χ1v) is 9.96. The number of hydrogen-bond acceptors (Lipinski definition) is 7. The van der Waals surface area contributed by atoms with Crippen LogP contribution in [0.3, 0.4) is 0 Å². The first-order valence-electron chi connectivity index (χ1n) is 9.96. The zero-order chi connectivity index (χ0) is 19.5. The molecule has 1 spiro atoms. The van der Waals surface area contributed by atoms with Crippen molar-refractivity contribution in [2.24, 2.45) is 0 Å². The van der Waals surface area contributed by atoms with Crippen LogP contribution in [0.4, 0.5) is 0 Å². The normalized spacial score (nSPS) is 32.8. The Balaban J connectivity index is 0.000000260. The first-order chi connectivity index (χ1) is 12.8. The van der Waals surface area contributed by atoms with Gasteiger partial charge in [0.05, 0.1) is 19.8 Å². The summed E-state index contributed by atoms with van der Waals surface area (Å²) in [5.74, 6) is -1.62. The Hall–Kier alpha value is -0.990. The van der Waals surface area contributed by atoms with Crippen molar-refractivity contribution in [1.82, 2.24) is 0 Å². The maximum atomic E-state index is 10.2. The maximum Gasteiger partial charge on any atom is 0.332 e. The second kappa shape index (κ2) is 8.57. The van der Waals surface area contributed by atoms with E-state index in [2.05, 4.69) is 11.3 Å². The molecule has 2 heterocycles. The molecule has 0 unspecified atom stereocenters. The highest BCUT2D eigenvalue weighted by Gasteiger charge is 2.54. The molecule has 154 valence electrons. The molecule has 27 heavy (non-hydrogen) atoms. The molecule has 0 amide bonds. The van der Waals surface area contributed by atoms with Crippen molar-refractivity contribution in [1.29, 1.82) is 0 Å². The summed E-state index contributed by atoms with van der Waals surface area (Å²) in [6, 6.07) is 0. The van der Waals surface area contributed by atoms with Crippen molar-refractivity contribution in [2.45, 2.75) is 94.8 Å². The molecule has 1 N–H and O–H groups in total. The topological polar surface area (TPSA) is 83.5 Å². The van der Waals surface area contributed by atoms with Crippen molar-refractivity contribution in [2.75, 3.05) is 13.7 Å². The predicted octanol–water partition coefficient (Wildman–Crippen LogP) is 2.80. The molecular weight excluding hydrogens is 352 g/mol. The van der Waals surface area contributed by atoms with Crippen molar-refractivity contribution in [3.05, 3.63) is 12.2 Å². The average molecular weight is 384 g/mol. The van der Waals surface area contributed by atoms with E-state index in [1.165, 1.54) is 20.0 Å². The second-order valence-corrected chi connectivity index (χ2v) is 7.99. The lowest BCUT2D eigenvalue weighted by atomic mass is 10.2. The number of esters is 1. The number of methoxy groups -OCH3 is 1. The fraction of sp³-hybridized carbons (Fsp3) is 0.850. The van der Waals surface area contributed by atoms with Gasteiger partial charge in [-0.05, 0) is 32.6 Å². The van der Waals surface area contributed by atoms with Crippen LogP contribution < -0.4 is 0 Å². The van der Waals surface area contributed by atoms with E-state index in [4.69, 9.17) is 18.9 Å². The molecule has 7 heteroatoms. The quantitative estimate of drug-likeness (QED) is 0.453. The fourth-order valence-electron chi connectivity index (χ4n) is 4.18. The third kappa shape index (κ3) is 5.09. The Morgan fingerprint density at radius 2 is 1.78 bits per heavy atom. The van der Waals surface area contributed by atoms with Crippen LogP contribution in [0.25, 0.3) is 0 Å². The Kier molecular flexibility index (Phi) is 6.58. The Morgan fingerprint density at radius 1 is 1.15 bits per heavy atom. The highest BCUT2D eigenvalue weighted by molar-refractivity contribution is 5.86. The Morgan fingerprint density at radius 3 is 2.30 bits per heavy atom. The molecule has 0 radical (unpaired) electrons. The van der Waals surface area contributed by atoms with E-state index in [9.17, 15) is 9.90 Å². The third-order valence-corrected chi connectivity index (χ3v) is 5.64. The summed E-state index contributed by atoms with van der Waals surface area (Å²) in [7, 11) is 1.33. The van der Waals surface area contributed by atoms with E-state index in [1.54, 1.807) is 6.92 Å². The van der Waals surface area contributed by atoms with Crippen LogP contribution in [-0.2, 0) is 28.5 Å². The van der Waals surface area contributed by atoms with Gasteiger partial charge in [-0.1, -0.05) is 6.58 Å². The monoisotopic (exact) mass is 384 g/mol. The largest absolute Gasteiger partial charge is 0.466 e. The van der Waals surface area contributed by atoms with Crippen LogP contribution in [0, 0.1) is 0 Å². The number of carbonyl (C=O) groups is 1. The van der Waals surface area contributed by atoms with Gasteiger partial charge in [0.1, 0.15) is 6.10 Å². The van der Waals surface area contributed by atoms with Crippen LogP contribution in [0.1, 0.15) is 64.7 Å². The van der Waals surface area contributed by atoms with Gasteiger partial charge in [0, 0.05) is 37.7 Å². The summed E-state index contributed by atoms with van der Waals surface area (Å²) >= 11 is 0. The zero-order valence-corrected chi connectivity index (χ0v) is 16.4. The summed E-state index contributed by atoms with van der Waals surface area (Å²) in [5.41, 5.74) is 0.433. The molecule has 2 saturated heterocycles. The molecule has 4 rings (SSSR count). The second-order valence-electron chi connectivity index (χ2n) is 7.99. The average Bonchev–Trinajstić information content (AvgIpc) is 3.39. The van der Waals surface area contributed by atoms with Gasteiger partial charge >= 0.3 is 5.97 Å². The molecule has 0 aromatic rings. The number of hydrogen-bond donors (Lipinski definition) is 1. The van der Waals surface area contributed by atoms with E-state index >= 15 is 0 Å². The summed E-state index contributed by atoms with van der Waals surface area (Å²) in [4.78, 5) is 10.2. The molecule has 2 saturated carbocycles. The first kappa shape index (κ1) is 20.7. The number of ether oxygens (including phenoxy) is 5. The predicted molar refractivity (Wildman–Crippen MR) is 96.6 cm³/mol. The number of carbonyl (C=O) groups excluding carboxylic acids is 1. The van der Waals surface area contributed by atoms with Crippen molar-refractivity contribution in [3.63, 3.8) is 0 Å². The molecule has 7 nitrogen and oxygen atoms in total. The molecule has 0 aromatic carbocycles. The van der Waals surface area contributed by atoms with Gasteiger partial charge in [-0.25, -0.2) is 4.79 Å². The van der Waals surface area contributed by atoms with E-state index in [-0.39, 0.29) is 30.3 Å². The fourth-order valence-corrected chi connectivity index (χ4v) is 4.18. The van der Waals surface area contributed by atoms with Crippen LogP contribution in [0.15, 0.2) is 12.2 Å². The SMILES string of the molecule is C=C(C)C(=O)OC.OC1(OC[C@@H]2C[C@@H]3OC4(CCCC4)O[C@@H]3O2)CCCC1. The summed E-state index contributed by atoms with van der Waals surface area (Å²) in [6.45, 7) is 5.39. The lowest BCUT2D eigenvalue weighted by Crippen LogP contribution is -2.34. The minimum atomic E-state index is -0.921. The van der Waals surface area contributed by atoms with Crippen LogP contribution in [0.5, 0.6) is 0 Å². The van der Waals surface area contributed by atoms with Crippen LogP contribution in [-0.4, -0.2) is 54.9 Å². The van der Waals surface area contributed by atoms with E-state index in [0.717, 1.165) is 44.9 Å². The molecule has 0 aromatic heterocycles. The van der Waals surface area contributed by atoms with E-state index in [1.807, 2.05) is 0 Å². The lowest BCUT2D eigenvalue weighted by Gasteiger charge is -2.26. The summed E-state index contributed by atoms with van der Waals surface area (Å²) in [5, 5.41) is 10.2. The summed E-state index contributed by atoms with van der Waals surface area (Å²) < 4.78 is 27.9. The Bertz CT molecular complexity index is 518. The maximum absolute atomic E-state index is 10.2. The molecule has 3 atom stereocenters. The van der Waals surface area contributed by atoms with Gasteiger partial charge in [-0.3, -0.25) is 0 Å². The van der Waals surface area contributed by atoms with Gasteiger partial charge in [-0.15, -0.1) is 0 Å². The van der Waals surface area contributed by atoms with Crippen molar-refractivity contribution < 1.29 is 33.6 Å². The highest BCUT2D eigenvalue weighted by Crippen LogP contribution is 2.46. The molecule has 0 bridgehead atoms. The molecule has 4 fully saturated rings. The van der Waals surface area contributed by atoms with Crippen molar-refractivity contribution >= 4 is 5.97 Å². The third-order valence-electron chi connectivity index (χ3n) is 5.64. The number of rotatable bonds is 4. The van der Waals surface area contributed by atoms with Crippen LogP contribution >= 0.6 is 0 Å². The molecular formula is C20H32O7. The van der Waals surface area contributed by atoms with Gasteiger partial charge in [0.15, 0.2) is 17.9 Å². The summed E-state index contributed by atoms with van der Waals surface area (Å²) in [6.07, 6.45) is 8.50. The molecule has 2 aliphatic heterocycles. The van der Waals surface area contributed by atoms with E-state index < -0.39 is 5.79 Å². The molecule has 2 aliphatic carbocycles. The van der Waals surface area contributed by atoms with Gasteiger partial charge in [-0.2, -0.15) is 0 Å². The Labute approximate surface area is 160 Å². The standard InChI is InChI=1S/C15H24O5.C5H8O2/c16-14(5-1-2-6-14)17-10-11-9-12-13(18-11)20-15(19-12)7-3-4-8-15;1-4(2)5(6)7-3/h11-13,16H,1-10H2;1H2,2-3H3/t11-,12-,13-;/m0./s1.